The Hall–Kier alpha value is -0.680. The Morgan fingerprint density at radius 2 is 0.676 bits per heavy atom. The van der Waals surface area contributed by atoms with Crippen molar-refractivity contribution in [3.63, 3.8) is 0 Å². The van der Waals surface area contributed by atoms with Crippen molar-refractivity contribution in [3.8, 4) is 11.1 Å². The monoisotopic (exact) mass is 596 g/mol. The summed E-state index contributed by atoms with van der Waals surface area (Å²) >= 11 is 0. The van der Waals surface area contributed by atoms with Gasteiger partial charge in [0.15, 0.2) is 0 Å². The molecular formula is C30H50Br2N2. The normalized spacial score (nSPS) is 11.6. The van der Waals surface area contributed by atoms with E-state index in [4.69, 9.17) is 0 Å². The van der Waals surface area contributed by atoms with Gasteiger partial charge in [-0.1, -0.05) is 53.4 Å². The van der Waals surface area contributed by atoms with Gasteiger partial charge < -0.3 is 34.0 Å². The standard InChI is InChI=1S/C30H50N2.2BrH/c1-7-11-23-31(5,24-12-8-2)29-19-15-27(16-20-29)28-17-21-30(22-18-28)32(6,25-13-9-3)26-14-10-4;;/h15-22H,7-14,23-26H2,1-6H3;2*1H/q+2;;/p-2. The van der Waals surface area contributed by atoms with Crippen molar-refractivity contribution in [2.75, 3.05) is 40.3 Å². The topological polar surface area (TPSA) is 0 Å². The molecule has 0 unspecified atom stereocenters. The molecule has 0 N–H and O–H groups in total. The Balaban J connectivity index is 0.00000544. The quantitative estimate of drug-likeness (QED) is 0.277. The fourth-order valence-corrected chi connectivity index (χ4v) is 4.80. The largest absolute Gasteiger partial charge is 1.00 e. The molecule has 2 aromatic carbocycles. The maximum absolute atomic E-state index is 2.42. The van der Waals surface area contributed by atoms with Crippen molar-refractivity contribution in [2.24, 2.45) is 0 Å². The Labute approximate surface area is 232 Å². The Kier molecular flexibility index (Phi) is 16.6. The highest BCUT2D eigenvalue weighted by Crippen LogP contribution is 2.30. The first-order valence-corrected chi connectivity index (χ1v) is 13.3. The molecule has 0 heterocycles. The van der Waals surface area contributed by atoms with E-state index in [0.29, 0.717) is 0 Å². The van der Waals surface area contributed by atoms with Gasteiger partial charge in [0.25, 0.3) is 0 Å². The number of benzene rings is 2. The maximum atomic E-state index is 2.42. The minimum absolute atomic E-state index is 0. The summed E-state index contributed by atoms with van der Waals surface area (Å²) in [4.78, 5) is 0. The van der Waals surface area contributed by atoms with E-state index in [1.165, 1.54) is 100 Å². The molecule has 0 spiro atoms. The minimum atomic E-state index is 0. The summed E-state index contributed by atoms with van der Waals surface area (Å²) in [6, 6.07) is 18.8. The van der Waals surface area contributed by atoms with Gasteiger partial charge in [0.1, 0.15) is 11.4 Å². The zero-order valence-electron chi connectivity index (χ0n) is 22.8. The van der Waals surface area contributed by atoms with Crippen LogP contribution in [0.4, 0.5) is 11.4 Å². The van der Waals surface area contributed by atoms with Crippen LogP contribution in [0.3, 0.4) is 0 Å². The van der Waals surface area contributed by atoms with Crippen LogP contribution in [0.5, 0.6) is 0 Å². The van der Waals surface area contributed by atoms with Gasteiger partial charge in [-0.15, -0.1) is 0 Å². The van der Waals surface area contributed by atoms with E-state index in [0.717, 1.165) is 8.97 Å². The second-order valence-electron chi connectivity index (χ2n) is 10.2. The molecule has 194 valence electrons. The fourth-order valence-electron chi connectivity index (χ4n) is 4.80. The second kappa shape index (κ2) is 16.9. The highest BCUT2D eigenvalue weighted by Gasteiger charge is 2.25. The summed E-state index contributed by atoms with van der Waals surface area (Å²) in [7, 11) is 4.83. The van der Waals surface area contributed by atoms with E-state index in [9.17, 15) is 0 Å². The van der Waals surface area contributed by atoms with E-state index < -0.39 is 0 Å². The first kappa shape index (κ1) is 33.3. The number of nitrogens with zero attached hydrogens (tertiary/aromatic N) is 2. The van der Waals surface area contributed by atoms with Gasteiger partial charge in [-0.3, -0.25) is 8.97 Å². The van der Waals surface area contributed by atoms with E-state index in [-0.39, 0.29) is 34.0 Å². The van der Waals surface area contributed by atoms with Gasteiger partial charge in [-0.2, -0.15) is 0 Å². The molecule has 0 aliphatic rings. The Morgan fingerprint density at radius 1 is 0.441 bits per heavy atom. The van der Waals surface area contributed by atoms with Gasteiger partial charge in [0.2, 0.25) is 0 Å². The van der Waals surface area contributed by atoms with Crippen LogP contribution < -0.4 is 42.9 Å². The predicted molar refractivity (Wildman–Crippen MR) is 146 cm³/mol. The molecule has 2 nitrogen and oxygen atoms in total. The predicted octanol–water partition coefficient (Wildman–Crippen LogP) is 2.44. The van der Waals surface area contributed by atoms with Crippen LogP contribution in [0.25, 0.3) is 11.1 Å². The van der Waals surface area contributed by atoms with E-state index in [1.807, 2.05) is 0 Å². The molecule has 2 rings (SSSR count). The molecule has 0 radical (unpaired) electrons. The lowest BCUT2D eigenvalue weighted by atomic mass is 10.0. The molecule has 0 saturated carbocycles. The summed E-state index contributed by atoms with van der Waals surface area (Å²) < 4.78 is 2.12. The summed E-state index contributed by atoms with van der Waals surface area (Å²) in [5, 5.41) is 0. The highest BCUT2D eigenvalue weighted by atomic mass is 79.9. The molecule has 4 heteroatoms. The van der Waals surface area contributed by atoms with Crippen molar-refractivity contribution >= 4 is 11.4 Å². The number of halogens is 2. The number of rotatable bonds is 15. The minimum Gasteiger partial charge on any atom is -1.00 e. The number of hydrogen-bond acceptors (Lipinski definition) is 0. The first-order chi connectivity index (χ1) is 15.4. The molecule has 0 aliphatic heterocycles. The molecule has 0 aromatic heterocycles. The molecular weight excluding hydrogens is 548 g/mol. The van der Waals surface area contributed by atoms with Crippen molar-refractivity contribution < 1.29 is 34.0 Å². The van der Waals surface area contributed by atoms with Crippen LogP contribution in [0.1, 0.15) is 79.1 Å². The summed E-state index contributed by atoms with van der Waals surface area (Å²) in [6.45, 7) is 14.1. The molecule has 0 atom stereocenters. The third-order valence-corrected chi connectivity index (χ3v) is 7.34. The number of quaternary nitrogens is 2. The van der Waals surface area contributed by atoms with Crippen LogP contribution in [-0.2, 0) is 0 Å². The molecule has 34 heavy (non-hydrogen) atoms. The van der Waals surface area contributed by atoms with E-state index in [2.05, 4.69) is 90.3 Å². The molecule has 0 fully saturated rings. The second-order valence-corrected chi connectivity index (χ2v) is 10.2. The van der Waals surface area contributed by atoms with Crippen LogP contribution in [0.2, 0.25) is 0 Å². The third kappa shape index (κ3) is 9.41. The molecule has 0 aliphatic carbocycles. The third-order valence-electron chi connectivity index (χ3n) is 7.34. The molecule has 0 bridgehead atoms. The fraction of sp³-hybridized carbons (Fsp3) is 0.600. The lowest BCUT2D eigenvalue weighted by Crippen LogP contribution is -3.00. The molecule has 0 amide bonds. The van der Waals surface area contributed by atoms with Gasteiger partial charge in [-0.25, -0.2) is 0 Å². The van der Waals surface area contributed by atoms with Crippen LogP contribution >= 0.6 is 0 Å². The highest BCUT2D eigenvalue weighted by molar-refractivity contribution is 5.67. The number of unbranched alkanes of at least 4 members (excludes halogenated alkanes) is 4. The van der Waals surface area contributed by atoms with Crippen molar-refractivity contribution in [1.82, 2.24) is 8.97 Å². The smallest absolute Gasteiger partial charge is 0.132 e. The summed E-state index contributed by atoms with van der Waals surface area (Å²) in [5.41, 5.74) is 5.56. The SMILES string of the molecule is CCCC[N+](C)(CCCC)c1ccc(-c2ccc([N+](C)(CCCC)CCCC)cc2)cc1.[Br-].[Br-]. The summed E-state index contributed by atoms with van der Waals surface area (Å²) in [6.07, 6.45) is 10.2. The van der Waals surface area contributed by atoms with Crippen molar-refractivity contribution in [3.05, 3.63) is 48.5 Å². The Morgan fingerprint density at radius 3 is 0.882 bits per heavy atom. The number of hydrogen-bond donors (Lipinski definition) is 0. The summed E-state index contributed by atoms with van der Waals surface area (Å²) in [5.74, 6) is 0. The van der Waals surface area contributed by atoms with Gasteiger partial charge in [0, 0.05) is 0 Å². The average Bonchev–Trinajstić information content (AvgIpc) is 2.84. The van der Waals surface area contributed by atoms with E-state index in [1.54, 1.807) is 0 Å². The van der Waals surface area contributed by atoms with Crippen LogP contribution in [0, 0.1) is 0 Å². The van der Waals surface area contributed by atoms with Gasteiger partial charge >= 0.3 is 0 Å². The molecule has 2 aromatic rings. The maximum Gasteiger partial charge on any atom is 0.132 e. The zero-order valence-corrected chi connectivity index (χ0v) is 25.9. The van der Waals surface area contributed by atoms with Crippen LogP contribution in [0.15, 0.2) is 48.5 Å². The molecule has 0 saturated heterocycles. The zero-order chi connectivity index (χ0) is 23.5. The average molecular weight is 599 g/mol. The van der Waals surface area contributed by atoms with Gasteiger partial charge in [-0.05, 0) is 85.3 Å². The van der Waals surface area contributed by atoms with Crippen molar-refractivity contribution in [1.29, 1.82) is 0 Å². The Bertz CT molecular complexity index is 688. The van der Waals surface area contributed by atoms with Gasteiger partial charge in [0.05, 0.1) is 40.3 Å². The first-order valence-electron chi connectivity index (χ1n) is 13.3. The van der Waals surface area contributed by atoms with Crippen LogP contribution in [-0.4, -0.2) is 40.3 Å². The lowest BCUT2D eigenvalue weighted by molar-refractivity contribution is -0.00100. The lowest BCUT2D eigenvalue weighted by Gasteiger charge is -2.34. The van der Waals surface area contributed by atoms with Crippen molar-refractivity contribution in [2.45, 2.75) is 79.1 Å². The van der Waals surface area contributed by atoms with E-state index >= 15 is 0 Å².